The summed E-state index contributed by atoms with van der Waals surface area (Å²) in [6, 6.07) is 2.81. The van der Waals surface area contributed by atoms with Crippen LogP contribution in [0, 0.1) is 5.92 Å². The van der Waals surface area contributed by atoms with E-state index in [1.54, 1.807) is 16.0 Å². The van der Waals surface area contributed by atoms with Crippen molar-refractivity contribution in [1.29, 1.82) is 0 Å². The first-order chi connectivity index (χ1) is 11.6. The van der Waals surface area contributed by atoms with E-state index in [2.05, 4.69) is 21.7 Å². The Kier molecular flexibility index (Phi) is 3.53. The van der Waals surface area contributed by atoms with E-state index >= 15 is 0 Å². The lowest BCUT2D eigenvalue weighted by Crippen LogP contribution is -2.51. The Balaban J connectivity index is 1.55. The SMILES string of the molecule is Cn1cc(C2CC3(CC(C4CC4)N2)OCCc2cc(Cl)sc23)nn1. The number of piperidine rings is 1. The summed E-state index contributed by atoms with van der Waals surface area (Å²) in [7, 11) is 1.92. The van der Waals surface area contributed by atoms with Gasteiger partial charge >= 0.3 is 0 Å². The van der Waals surface area contributed by atoms with Gasteiger partial charge in [0.25, 0.3) is 0 Å². The Bertz CT molecular complexity index is 770. The number of halogens is 1. The number of thiophene rings is 1. The minimum absolute atomic E-state index is 0.185. The van der Waals surface area contributed by atoms with Gasteiger partial charge in [-0.25, -0.2) is 0 Å². The van der Waals surface area contributed by atoms with Crippen LogP contribution in [0.4, 0.5) is 0 Å². The highest BCUT2D eigenvalue weighted by Crippen LogP contribution is 2.52. The average molecular weight is 365 g/mol. The topological polar surface area (TPSA) is 52.0 Å². The van der Waals surface area contributed by atoms with E-state index in [1.165, 1.54) is 23.3 Å². The molecule has 1 N–H and O–H groups in total. The number of aromatic nitrogens is 3. The van der Waals surface area contributed by atoms with Crippen LogP contribution in [-0.2, 0) is 23.8 Å². The van der Waals surface area contributed by atoms with Crippen LogP contribution in [0.25, 0.3) is 0 Å². The highest BCUT2D eigenvalue weighted by molar-refractivity contribution is 7.16. The number of nitrogens with one attached hydrogen (secondary N) is 1. The van der Waals surface area contributed by atoms with E-state index < -0.39 is 0 Å². The molecule has 0 aromatic carbocycles. The molecule has 1 saturated heterocycles. The number of fused-ring (bicyclic) bond motifs is 2. The van der Waals surface area contributed by atoms with Crippen molar-refractivity contribution >= 4 is 22.9 Å². The van der Waals surface area contributed by atoms with Crippen molar-refractivity contribution in [1.82, 2.24) is 20.3 Å². The maximum absolute atomic E-state index is 6.47. The second-order valence-corrected chi connectivity index (χ2v) is 9.07. The van der Waals surface area contributed by atoms with Gasteiger partial charge in [0.15, 0.2) is 0 Å². The first-order valence-electron chi connectivity index (χ1n) is 8.68. The third kappa shape index (κ3) is 2.51. The number of rotatable bonds is 2. The van der Waals surface area contributed by atoms with Crippen LogP contribution >= 0.6 is 22.9 Å². The summed E-state index contributed by atoms with van der Waals surface area (Å²) in [6.45, 7) is 0.782. The predicted molar refractivity (Wildman–Crippen MR) is 93.3 cm³/mol. The van der Waals surface area contributed by atoms with Crippen LogP contribution in [0.1, 0.15) is 47.9 Å². The van der Waals surface area contributed by atoms with E-state index in [-0.39, 0.29) is 11.6 Å². The highest BCUT2D eigenvalue weighted by atomic mass is 35.5. The average Bonchev–Trinajstić information content (AvgIpc) is 3.21. The summed E-state index contributed by atoms with van der Waals surface area (Å²) in [5.41, 5.74) is 2.18. The van der Waals surface area contributed by atoms with Crippen molar-refractivity contribution in [2.45, 2.75) is 49.8 Å². The van der Waals surface area contributed by atoms with E-state index in [0.29, 0.717) is 6.04 Å². The lowest BCUT2D eigenvalue weighted by atomic mass is 9.77. The molecule has 3 atom stereocenters. The van der Waals surface area contributed by atoms with Crippen LogP contribution in [-0.4, -0.2) is 27.6 Å². The van der Waals surface area contributed by atoms with Gasteiger partial charge in [0, 0.05) is 30.6 Å². The van der Waals surface area contributed by atoms with Gasteiger partial charge in [0.05, 0.1) is 22.7 Å². The maximum Gasteiger partial charge on any atom is 0.106 e. The molecule has 3 unspecified atom stereocenters. The van der Waals surface area contributed by atoms with Crippen molar-refractivity contribution in [3.8, 4) is 0 Å². The lowest BCUT2D eigenvalue weighted by molar-refractivity contribution is -0.0992. The molecular formula is C17H21ClN4OS. The summed E-state index contributed by atoms with van der Waals surface area (Å²) in [5, 5.41) is 12.3. The number of hydrogen-bond acceptors (Lipinski definition) is 5. The number of hydrogen-bond donors (Lipinski definition) is 1. The van der Waals surface area contributed by atoms with Crippen molar-refractivity contribution in [2.24, 2.45) is 13.0 Å². The quantitative estimate of drug-likeness (QED) is 0.889. The Morgan fingerprint density at radius 1 is 1.42 bits per heavy atom. The first-order valence-corrected chi connectivity index (χ1v) is 9.87. The van der Waals surface area contributed by atoms with Crippen LogP contribution in [0.5, 0.6) is 0 Å². The van der Waals surface area contributed by atoms with Crippen LogP contribution in [0.2, 0.25) is 4.34 Å². The summed E-state index contributed by atoms with van der Waals surface area (Å²) in [6.07, 6.45) is 7.57. The molecule has 2 aromatic heterocycles. The zero-order chi connectivity index (χ0) is 16.3. The highest BCUT2D eigenvalue weighted by Gasteiger charge is 2.50. The van der Waals surface area contributed by atoms with Gasteiger partial charge in [-0.15, -0.1) is 16.4 Å². The minimum atomic E-state index is -0.216. The Labute approximate surface area is 150 Å². The van der Waals surface area contributed by atoms with E-state index in [1.807, 2.05) is 13.2 Å². The Morgan fingerprint density at radius 2 is 2.29 bits per heavy atom. The summed E-state index contributed by atoms with van der Waals surface area (Å²) in [4.78, 5) is 1.35. The number of nitrogens with zero attached hydrogens (tertiary/aromatic N) is 3. The lowest BCUT2D eigenvalue weighted by Gasteiger charge is -2.46. The summed E-state index contributed by atoms with van der Waals surface area (Å²) in [5.74, 6) is 0.769. The molecule has 4 heterocycles. The largest absolute Gasteiger partial charge is 0.369 e. The molecule has 5 rings (SSSR count). The fraction of sp³-hybridized carbons (Fsp3) is 0.647. The second-order valence-electron chi connectivity index (χ2n) is 7.39. The molecule has 2 aliphatic heterocycles. The van der Waals surface area contributed by atoms with Gasteiger partial charge in [-0.05, 0) is 43.2 Å². The normalized spacial score (nSPS) is 32.9. The van der Waals surface area contributed by atoms with Crippen molar-refractivity contribution < 1.29 is 4.74 Å². The predicted octanol–water partition coefficient (Wildman–Crippen LogP) is 3.20. The molecule has 2 fully saturated rings. The van der Waals surface area contributed by atoms with Crippen molar-refractivity contribution in [3.63, 3.8) is 0 Å². The first kappa shape index (κ1) is 15.3. The smallest absolute Gasteiger partial charge is 0.106 e. The molecule has 1 aliphatic carbocycles. The maximum atomic E-state index is 6.47. The van der Waals surface area contributed by atoms with Gasteiger partial charge in [-0.3, -0.25) is 4.68 Å². The van der Waals surface area contributed by atoms with Gasteiger partial charge in [0.2, 0.25) is 0 Å². The van der Waals surface area contributed by atoms with Crippen LogP contribution in [0.3, 0.4) is 0 Å². The third-order valence-corrected chi connectivity index (χ3v) is 7.10. The fourth-order valence-corrected chi connectivity index (χ4v) is 5.82. The molecule has 1 spiro atoms. The molecule has 2 aromatic rings. The Hall–Kier alpha value is -0.950. The van der Waals surface area contributed by atoms with Crippen molar-refractivity contribution in [3.05, 3.63) is 32.7 Å². The molecule has 24 heavy (non-hydrogen) atoms. The van der Waals surface area contributed by atoms with Gasteiger partial charge in [-0.2, -0.15) is 0 Å². The second kappa shape index (κ2) is 5.53. The molecular weight excluding hydrogens is 344 g/mol. The van der Waals surface area contributed by atoms with Crippen molar-refractivity contribution in [2.75, 3.05) is 6.61 Å². The van der Waals surface area contributed by atoms with E-state index in [9.17, 15) is 0 Å². The zero-order valence-corrected chi connectivity index (χ0v) is 15.2. The van der Waals surface area contributed by atoms with Gasteiger partial charge in [0.1, 0.15) is 5.60 Å². The molecule has 3 aliphatic rings. The molecule has 5 nitrogen and oxygen atoms in total. The fourth-order valence-electron chi connectivity index (χ4n) is 4.35. The van der Waals surface area contributed by atoms with E-state index in [4.69, 9.17) is 16.3 Å². The molecule has 128 valence electrons. The van der Waals surface area contributed by atoms with Crippen LogP contribution < -0.4 is 5.32 Å². The zero-order valence-electron chi connectivity index (χ0n) is 13.7. The molecule has 0 radical (unpaired) electrons. The number of ether oxygens (including phenoxy) is 1. The minimum Gasteiger partial charge on any atom is -0.369 e. The van der Waals surface area contributed by atoms with E-state index in [0.717, 1.165) is 41.8 Å². The van der Waals surface area contributed by atoms with Gasteiger partial charge in [-0.1, -0.05) is 16.8 Å². The Morgan fingerprint density at radius 3 is 3.04 bits per heavy atom. The molecule has 1 saturated carbocycles. The summed E-state index contributed by atoms with van der Waals surface area (Å²) < 4.78 is 9.12. The molecule has 0 bridgehead atoms. The van der Waals surface area contributed by atoms with Crippen LogP contribution in [0.15, 0.2) is 12.3 Å². The van der Waals surface area contributed by atoms with Gasteiger partial charge < -0.3 is 10.1 Å². The summed E-state index contributed by atoms with van der Waals surface area (Å²) >= 11 is 8.05. The number of aryl methyl sites for hydroxylation is 1. The monoisotopic (exact) mass is 364 g/mol. The standard InChI is InChI=1S/C17H21ClN4OS/c1-22-9-14(20-21-22)13-8-17(7-12(19-13)10-2-3-10)16-11(4-5-23-17)6-15(18)24-16/h6,9-10,12-13,19H,2-5,7-8H2,1H3. The molecule has 7 heteroatoms. The third-order valence-electron chi connectivity index (χ3n) is 5.61. The molecule has 0 amide bonds.